The van der Waals surface area contributed by atoms with Crippen molar-refractivity contribution in [2.75, 3.05) is 0 Å². The first-order valence-corrected chi connectivity index (χ1v) is 6.00. The quantitative estimate of drug-likeness (QED) is 0.741. The van der Waals surface area contributed by atoms with Gasteiger partial charge in [-0.2, -0.15) is 10.5 Å². The third-order valence-electron chi connectivity index (χ3n) is 3.36. The Morgan fingerprint density at radius 3 is 2.44 bits per heavy atom. The second kappa shape index (κ2) is 4.90. The van der Waals surface area contributed by atoms with E-state index >= 15 is 0 Å². The summed E-state index contributed by atoms with van der Waals surface area (Å²) in [4.78, 5) is 0. The van der Waals surface area contributed by atoms with Crippen molar-refractivity contribution in [3.05, 3.63) is 53.6 Å². The van der Waals surface area contributed by atoms with Crippen LogP contribution in [-0.2, 0) is 0 Å². The molecule has 1 saturated carbocycles. The summed E-state index contributed by atoms with van der Waals surface area (Å²) in [6.07, 6.45) is 4.24. The highest BCUT2D eigenvalue weighted by Crippen LogP contribution is 2.43. The topological polar surface area (TPSA) is 47.6 Å². The Labute approximate surface area is 107 Å². The van der Waals surface area contributed by atoms with E-state index in [4.69, 9.17) is 0 Å². The lowest BCUT2D eigenvalue weighted by atomic mass is 9.70. The molecule has 0 spiro atoms. The molecule has 0 radical (unpaired) electrons. The minimum Gasteiger partial charge on any atom is -0.196 e. The number of nitrogens with zero attached hydrogens (tertiary/aromatic N) is 2. The van der Waals surface area contributed by atoms with E-state index in [1.54, 1.807) is 0 Å². The molecule has 0 aromatic heterocycles. The van der Waals surface area contributed by atoms with Gasteiger partial charge in [-0.1, -0.05) is 36.9 Å². The Bertz CT molecular complexity index is 553. The molecule has 2 rings (SSSR count). The van der Waals surface area contributed by atoms with Crippen LogP contribution in [-0.4, -0.2) is 0 Å². The summed E-state index contributed by atoms with van der Waals surface area (Å²) < 4.78 is 0. The normalized spacial score (nSPS) is 20.1. The van der Waals surface area contributed by atoms with Gasteiger partial charge < -0.3 is 0 Å². The van der Waals surface area contributed by atoms with Gasteiger partial charge in [-0.05, 0) is 42.0 Å². The van der Waals surface area contributed by atoms with Gasteiger partial charge in [0.25, 0.3) is 0 Å². The molecule has 88 valence electrons. The van der Waals surface area contributed by atoms with E-state index in [9.17, 15) is 10.5 Å². The fourth-order valence-electron chi connectivity index (χ4n) is 2.34. The molecule has 0 unspecified atom stereocenters. The van der Waals surface area contributed by atoms with E-state index < -0.39 is 5.41 Å². The van der Waals surface area contributed by atoms with Crippen LogP contribution in [0.4, 0.5) is 0 Å². The molecule has 18 heavy (non-hydrogen) atoms. The maximum atomic E-state index is 9.35. The van der Waals surface area contributed by atoms with E-state index in [0.29, 0.717) is 6.42 Å². The fourth-order valence-corrected chi connectivity index (χ4v) is 2.34. The minimum atomic E-state index is -1.02. The van der Waals surface area contributed by atoms with Crippen LogP contribution in [0.15, 0.2) is 48.1 Å². The zero-order chi connectivity index (χ0) is 13.0. The molecule has 0 bridgehead atoms. The molecule has 1 aromatic rings. The Morgan fingerprint density at radius 1 is 1.17 bits per heavy atom. The van der Waals surface area contributed by atoms with Gasteiger partial charge in [0, 0.05) is 0 Å². The van der Waals surface area contributed by atoms with Crippen LogP contribution in [0.1, 0.15) is 24.8 Å². The zero-order valence-electron chi connectivity index (χ0n) is 10.2. The molecule has 1 aromatic carbocycles. The predicted molar refractivity (Wildman–Crippen MR) is 71.1 cm³/mol. The minimum absolute atomic E-state index is 0.595. The van der Waals surface area contributed by atoms with Gasteiger partial charge in [0.15, 0.2) is 5.41 Å². The highest BCUT2D eigenvalue weighted by atomic mass is 14.5. The van der Waals surface area contributed by atoms with Crippen LogP contribution < -0.4 is 0 Å². The highest BCUT2D eigenvalue weighted by molar-refractivity contribution is 5.64. The van der Waals surface area contributed by atoms with Crippen molar-refractivity contribution >= 4 is 6.08 Å². The molecule has 0 atom stereocenters. The van der Waals surface area contributed by atoms with Crippen LogP contribution in [0.25, 0.3) is 6.08 Å². The van der Waals surface area contributed by atoms with Gasteiger partial charge in [-0.15, -0.1) is 0 Å². The number of benzene rings is 1. The molecule has 0 amide bonds. The Hall–Kier alpha value is -2.32. The molecule has 2 nitrogen and oxygen atoms in total. The standard InChI is InChI=1S/C16H14N2/c1-13-6-5-9-16(11-17,12-18)15(13)10-14-7-3-2-4-8-14/h2-4,7-8,10H,1,5-6,9H2/b15-10-. The molecule has 0 heterocycles. The smallest absolute Gasteiger partial charge is 0.168 e. The third-order valence-corrected chi connectivity index (χ3v) is 3.36. The molecule has 1 aliphatic rings. The Kier molecular flexibility index (Phi) is 3.31. The van der Waals surface area contributed by atoms with Crippen LogP contribution in [0.3, 0.4) is 0 Å². The van der Waals surface area contributed by atoms with Crippen molar-refractivity contribution in [2.45, 2.75) is 19.3 Å². The molecule has 2 heteroatoms. The van der Waals surface area contributed by atoms with Crippen LogP contribution >= 0.6 is 0 Å². The zero-order valence-corrected chi connectivity index (χ0v) is 10.2. The van der Waals surface area contributed by atoms with Crippen molar-refractivity contribution in [1.82, 2.24) is 0 Å². The van der Waals surface area contributed by atoms with E-state index in [1.165, 1.54) is 0 Å². The number of hydrogen-bond acceptors (Lipinski definition) is 2. The monoisotopic (exact) mass is 234 g/mol. The summed E-state index contributed by atoms with van der Waals surface area (Å²) in [5.41, 5.74) is 1.68. The van der Waals surface area contributed by atoms with Crippen molar-refractivity contribution in [1.29, 1.82) is 10.5 Å². The first-order valence-electron chi connectivity index (χ1n) is 6.00. The van der Waals surface area contributed by atoms with Gasteiger partial charge in [0.05, 0.1) is 12.1 Å². The Morgan fingerprint density at radius 2 is 1.83 bits per heavy atom. The van der Waals surface area contributed by atoms with Crippen LogP contribution in [0, 0.1) is 28.1 Å². The number of allylic oxidation sites excluding steroid dienone is 2. The van der Waals surface area contributed by atoms with Gasteiger partial charge in [-0.25, -0.2) is 0 Å². The maximum absolute atomic E-state index is 9.35. The van der Waals surface area contributed by atoms with E-state index in [1.807, 2.05) is 36.4 Å². The molecule has 0 saturated heterocycles. The summed E-state index contributed by atoms with van der Waals surface area (Å²) in [5, 5.41) is 18.7. The summed E-state index contributed by atoms with van der Waals surface area (Å²) in [5.74, 6) is 0. The first-order chi connectivity index (χ1) is 8.72. The molecule has 1 fully saturated rings. The average Bonchev–Trinajstić information content (AvgIpc) is 2.42. The van der Waals surface area contributed by atoms with E-state index in [-0.39, 0.29) is 0 Å². The average molecular weight is 234 g/mol. The lowest BCUT2D eigenvalue weighted by molar-refractivity contribution is 0.498. The lowest BCUT2D eigenvalue weighted by Gasteiger charge is -2.29. The van der Waals surface area contributed by atoms with Crippen LogP contribution in [0.5, 0.6) is 0 Å². The largest absolute Gasteiger partial charge is 0.196 e. The van der Waals surface area contributed by atoms with E-state index in [2.05, 4.69) is 18.7 Å². The number of nitriles is 2. The van der Waals surface area contributed by atoms with E-state index in [0.717, 1.165) is 29.6 Å². The first kappa shape index (κ1) is 12.1. The molecular weight excluding hydrogens is 220 g/mol. The summed E-state index contributed by atoms with van der Waals surface area (Å²) in [6.45, 7) is 4.01. The van der Waals surface area contributed by atoms with Gasteiger partial charge in [0.1, 0.15) is 0 Å². The predicted octanol–water partition coefficient (Wildman–Crippen LogP) is 3.84. The maximum Gasteiger partial charge on any atom is 0.168 e. The fraction of sp³-hybridized carbons (Fsp3) is 0.250. The Balaban J connectivity index is 2.51. The molecule has 0 N–H and O–H groups in total. The molecule has 0 aliphatic heterocycles. The van der Waals surface area contributed by atoms with Gasteiger partial charge >= 0.3 is 0 Å². The molecule has 1 aliphatic carbocycles. The lowest BCUT2D eigenvalue weighted by Crippen LogP contribution is -2.24. The second-order valence-corrected chi connectivity index (χ2v) is 4.55. The second-order valence-electron chi connectivity index (χ2n) is 4.55. The summed E-state index contributed by atoms with van der Waals surface area (Å²) in [7, 11) is 0. The highest BCUT2D eigenvalue weighted by Gasteiger charge is 2.38. The number of hydrogen-bond donors (Lipinski definition) is 0. The third kappa shape index (κ3) is 2.06. The number of rotatable bonds is 1. The molecular formula is C16H14N2. The van der Waals surface area contributed by atoms with Gasteiger partial charge in [0.2, 0.25) is 0 Å². The summed E-state index contributed by atoms with van der Waals surface area (Å²) in [6, 6.07) is 14.1. The summed E-state index contributed by atoms with van der Waals surface area (Å²) >= 11 is 0. The van der Waals surface area contributed by atoms with Crippen molar-refractivity contribution < 1.29 is 0 Å². The van der Waals surface area contributed by atoms with Crippen molar-refractivity contribution in [3.8, 4) is 12.1 Å². The van der Waals surface area contributed by atoms with Gasteiger partial charge in [-0.3, -0.25) is 0 Å². The van der Waals surface area contributed by atoms with Crippen molar-refractivity contribution in [2.24, 2.45) is 5.41 Å². The van der Waals surface area contributed by atoms with Crippen molar-refractivity contribution in [3.63, 3.8) is 0 Å². The SMILES string of the molecule is C=C1CCCC(C#N)(C#N)/C1=C\c1ccccc1. The van der Waals surface area contributed by atoms with Crippen LogP contribution in [0.2, 0.25) is 0 Å².